The molecule has 2 aromatic carbocycles. The number of nitrogens with zero attached hydrogens (tertiary/aromatic N) is 1. The van der Waals surface area contributed by atoms with Crippen molar-refractivity contribution in [2.24, 2.45) is 0 Å². The molecule has 0 unspecified atom stereocenters. The first-order chi connectivity index (χ1) is 10.8. The van der Waals surface area contributed by atoms with Crippen LogP contribution in [0, 0.1) is 0 Å². The molecule has 1 amide bonds. The molecule has 0 spiro atoms. The summed E-state index contributed by atoms with van der Waals surface area (Å²) in [5.74, 6) is 0. The van der Waals surface area contributed by atoms with Crippen LogP contribution in [0.1, 0.15) is 18.6 Å². The smallest absolute Gasteiger partial charge is 0.407 e. The van der Waals surface area contributed by atoms with Crippen molar-refractivity contribution in [3.8, 4) is 0 Å². The molecule has 1 fully saturated rings. The molecular weight excluding hydrogens is 288 g/mol. The van der Waals surface area contributed by atoms with Crippen LogP contribution in [0.15, 0.2) is 60.7 Å². The number of carbonyl (C=O) groups excluding carboxylic acids is 1. The maximum absolute atomic E-state index is 11.2. The maximum atomic E-state index is 11.2. The van der Waals surface area contributed by atoms with Crippen molar-refractivity contribution in [2.45, 2.75) is 26.6 Å². The molecule has 3 rings (SSSR count). The van der Waals surface area contributed by atoms with Gasteiger partial charge in [0, 0.05) is 19.6 Å². The lowest BCUT2D eigenvalue weighted by atomic mass is 10.1. The predicted octanol–water partition coefficient (Wildman–Crippen LogP) is 3.43. The maximum Gasteiger partial charge on any atom is 0.407 e. The number of alkyl carbamates (subject to hydrolysis) is 1. The lowest BCUT2D eigenvalue weighted by molar-refractivity contribution is 0.103. The van der Waals surface area contributed by atoms with E-state index in [0.717, 1.165) is 19.6 Å². The number of benzene rings is 2. The van der Waals surface area contributed by atoms with Gasteiger partial charge in [-0.25, -0.2) is 4.79 Å². The largest absolute Gasteiger partial charge is 0.443 e. The van der Waals surface area contributed by atoms with E-state index in [4.69, 9.17) is 4.74 Å². The van der Waals surface area contributed by atoms with E-state index in [9.17, 15) is 4.79 Å². The molecule has 0 aliphatic carbocycles. The van der Waals surface area contributed by atoms with Gasteiger partial charge in [0.25, 0.3) is 0 Å². The Balaban J connectivity index is 0.00000192. The van der Waals surface area contributed by atoms with E-state index in [2.05, 4.69) is 34.5 Å². The molecule has 0 radical (unpaired) electrons. The van der Waals surface area contributed by atoms with E-state index in [1.807, 2.05) is 36.4 Å². The van der Waals surface area contributed by atoms with E-state index in [1.165, 1.54) is 11.1 Å². The molecule has 1 atom stereocenters. The first-order valence-corrected chi connectivity index (χ1v) is 7.54. The Morgan fingerprint density at radius 1 is 0.957 bits per heavy atom. The monoisotopic (exact) mass is 312 g/mol. The fourth-order valence-electron chi connectivity index (χ4n) is 2.69. The van der Waals surface area contributed by atoms with Gasteiger partial charge >= 0.3 is 6.09 Å². The zero-order chi connectivity index (χ0) is 15.2. The molecule has 2 aromatic rings. The molecule has 4 heteroatoms. The topological polar surface area (TPSA) is 41.6 Å². The number of amides is 1. The average molecular weight is 312 g/mol. The number of carbonyl (C=O) groups is 1. The second kappa shape index (κ2) is 8.34. The standard InChI is InChI=1S/C18H20N2O2.CH4/c21-18-19-11-17(22-18)14-20(12-15-7-3-1-4-8-15)13-16-9-5-2-6-10-16;/h1-10,17H,11-14H2,(H,19,21);1H4/t17-;/m0./s1. The molecule has 4 nitrogen and oxygen atoms in total. The third-order valence-electron chi connectivity index (χ3n) is 3.71. The Morgan fingerprint density at radius 2 is 1.48 bits per heavy atom. The number of rotatable bonds is 6. The molecular formula is C19H24N2O2. The van der Waals surface area contributed by atoms with Crippen LogP contribution >= 0.6 is 0 Å². The quantitative estimate of drug-likeness (QED) is 0.888. The van der Waals surface area contributed by atoms with Crippen LogP contribution in [0.2, 0.25) is 0 Å². The van der Waals surface area contributed by atoms with Crippen molar-refractivity contribution in [1.29, 1.82) is 0 Å². The zero-order valence-corrected chi connectivity index (χ0v) is 12.4. The molecule has 23 heavy (non-hydrogen) atoms. The minimum atomic E-state index is -0.315. The summed E-state index contributed by atoms with van der Waals surface area (Å²) in [6.45, 7) is 2.98. The van der Waals surface area contributed by atoms with Crippen LogP contribution in [0.4, 0.5) is 4.79 Å². The Kier molecular flexibility index (Phi) is 6.18. The highest BCUT2D eigenvalue weighted by molar-refractivity contribution is 5.69. The first kappa shape index (κ1) is 17.0. The molecule has 1 aliphatic rings. The Morgan fingerprint density at radius 3 is 1.91 bits per heavy atom. The summed E-state index contributed by atoms with van der Waals surface area (Å²) in [7, 11) is 0. The van der Waals surface area contributed by atoms with Gasteiger partial charge < -0.3 is 10.1 Å². The van der Waals surface area contributed by atoms with Crippen molar-refractivity contribution in [1.82, 2.24) is 10.2 Å². The lowest BCUT2D eigenvalue weighted by Gasteiger charge is -2.24. The van der Waals surface area contributed by atoms with E-state index in [-0.39, 0.29) is 19.6 Å². The molecule has 122 valence electrons. The van der Waals surface area contributed by atoms with Crippen molar-refractivity contribution < 1.29 is 9.53 Å². The molecule has 0 saturated carbocycles. The summed E-state index contributed by atoms with van der Waals surface area (Å²) in [5.41, 5.74) is 2.52. The van der Waals surface area contributed by atoms with Crippen LogP contribution in [-0.2, 0) is 17.8 Å². The van der Waals surface area contributed by atoms with Gasteiger partial charge in [-0.1, -0.05) is 68.1 Å². The van der Waals surface area contributed by atoms with Gasteiger partial charge in [0.05, 0.1) is 6.54 Å². The van der Waals surface area contributed by atoms with E-state index >= 15 is 0 Å². The second-order valence-electron chi connectivity index (χ2n) is 5.55. The second-order valence-corrected chi connectivity index (χ2v) is 5.55. The first-order valence-electron chi connectivity index (χ1n) is 7.54. The normalized spacial score (nSPS) is 16.6. The average Bonchev–Trinajstić information content (AvgIpc) is 2.94. The Labute approximate surface area is 138 Å². The zero-order valence-electron chi connectivity index (χ0n) is 12.4. The highest BCUT2D eigenvalue weighted by atomic mass is 16.6. The fraction of sp³-hybridized carbons (Fsp3) is 0.316. The summed E-state index contributed by atoms with van der Waals surface area (Å²) in [5, 5.41) is 2.71. The van der Waals surface area contributed by atoms with Crippen molar-refractivity contribution >= 4 is 6.09 Å². The van der Waals surface area contributed by atoms with Gasteiger partial charge in [0.15, 0.2) is 0 Å². The SMILES string of the molecule is C.O=C1NC[C@@H](CN(Cc2ccccc2)Cc2ccccc2)O1. The summed E-state index contributed by atoms with van der Waals surface area (Å²) < 4.78 is 5.28. The molecule has 1 N–H and O–H groups in total. The van der Waals surface area contributed by atoms with Gasteiger partial charge in [0.1, 0.15) is 6.10 Å². The fourth-order valence-corrected chi connectivity index (χ4v) is 2.69. The number of cyclic esters (lactones) is 1. The molecule has 1 aliphatic heterocycles. The minimum absolute atomic E-state index is 0. The van der Waals surface area contributed by atoms with Gasteiger partial charge in [-0.05, 0) is 11.1 Å². The highest BCUT2D eigenvalue weighted by Crippen LogP contribution is 2.12. The Hall–Kier alpha value is -2.33. The third-order valence-corrected chi connectivity index (χ3v) is 3.71. The molecule has 1 saturated heterocycles. The van der Waals surface area contributed by atoms with Crippen LogP contribution < -0.4 is 5.32 Å². The summed E-state index contributed by atoms with van der Waals surface area (Å²) in [4.78, 5) is 13.5. The van der Waals surface area contributed by atoms with Gasteiger partial charge in [-0.15, -0.1) is 0 Å². The van der Waals surface area contributed by atoms with E-state index in [1.54, 1.807) is 0 Å². The third kappa shape index (κ3) is 5.11. The molecule has 1 heterocycles. The summed E-state index contributed by atoms with van der Waals surface area (Å²) in [6.07, 6.45) is -0.399. The van der Waals surface area contributed by atoms with E-state index in [0.29, 0.717) is 6.54 Å². The van der Waals surface area contributed by atoms with Crippen LogP contribution in [0.25, 0.3) is 0 Å². The molecule has 0 bridgehead atoms. The van der Waals surface area contributed by atoms with Crippen LogP contribution in [0.5, 0.6) is 0 Å². The van der Waals surface area contributed by atoms with Gasteiger partial charge in [0.2, 0.25) is 0 Å². The van der Waals surface area contributed by atoms with Crippen molar-refractivity contribution in [2.75, 3.05) is 13.1 Å². The summed E-state index contributed by atoms with van der Waals surface area (Å²) in [6, 6.07) is 20.7. The van der Waals surface area contributed by atoms with E-state index < -0.39 is 0 Å². The molecule has 0 aromatic heterocycles. The minimum Gasteiger partial charge on any atom is -0.443 e. The number of ether oxygens (including phenoxy) is 1. The number of hydrogen-bond acceptors (Lipinski definition) is 3. The number of hydrogen-bond donors (Lipinski definition) is 1. The van der Waals surface area contributed by atoms with Crippen molar-refractivity contribution in [3.63, 3.8) is 0 Å². The Bertz CT molecular complexity index is 560. The van der Waals surface area contributed by atoms with Crippen LogP contribution in [-0.4, -0.2) is 30.2 Å². The predicted molar refractivity (Wildman–Crippen MR) is 92.0 cm³/mol. The summed E-state index contributed by atoms with van der Waals surface area (Å²) >= 11 is 0. The van der Waals surface area contributed by atoms with Gasteiger partial charge in [-0.2, -0.15) is 0 Å². The van der Waals surface area contributed by atoms with Crippen molar-refractivity contribution in [3.05, 3.63) is 71.8 Å². The number of nitrogens with one attached hydrogen (secondary N) is 1. The van der Waals surface area contributed by atoms with Gasteiger partial charge in [-0.3, -0.25) is 4.90 Å². The highest BCUT2D eigenvalue weighted by Gasteiger charge is 2.24. The van der Waals surface area contributed by atoms with Crippen LogP contribution in [0.3, 0.4) is 0 Å². The lowest BCUT2D eigenvalue weighted by Crippen LogP contribution is -2.33.